The van der Waals surface area contributed by atoms with Crippen LogP contribution in [0.2, 0.25) is 0 Å². The van der Waals surface area contributed by atoms with Crippen LogP contribution in [0.4, 0.5) is 0 Å². The van der Waals surface area contributed by atoms with Gasteiger partial charge in [-0.25, -0.2) is 0 Å². The van der Waals surface area contributed by atoms with Crippen LogP contribution < -0.4 is 0 Å². The lowest BCUT2D eigenvalue weighted by atomic mass is 10.2. The fourth-order valence-corrected chi connectivity index (χ4v) is 0.478. The highest BCUT2D eigenvalue weighted by molar-refractivity contribution is 5.11. The van der Waals surface area contributed by atoms with Crippen LogP contribution in [0.3, 0.4) is 0 Å². The van der Waals surface area contributed by atoms with Crippen LogP contribution in [0.25, 0.3) is 0 Å². The zero-order chi connectivity index (χ0) is 5.82. The molecular formula is C7H8. The summed E-state index contributed by atoms with van der Waals surface area (Å²) in [4.78, 5) is 0. The van der Waals surface area contributed by atoms with Crippen molar-refractivity contribution < 1.29 is 1.37 Å². The van der Waals surface area contributed by atoms with Gasteiger partial charge in [0.15, 0.2) is 0 Å². The summed E-state index contributed by atoms with van der Waals surface area (Å²) in [6.07, 6.45) is 0. The first-order valence-corrected chi connectivity index (χ1v) is 2.26. The van der Waals surface area contributed by atoms with Crippen molar-refractivity contribution >= 4 is 0 Å². The van der Waals surface area contributed by atoms with Crippen molar-refractivity contribution in [3.63, 3.8) is 0 Å². The molecule has 0 radical (unpaired) electrons. The number of benzene rings is 1. The summed E-state index contributed by atoms with van der Waals surface area (Å²) in [5, 5.41) is 0. The molecule has 7 heavy (non-hydrogen) atoms. The highest BCUT2D eigenvalue weighted by Gasteiger charge is 1.72. The quantitative estimate of drug-likeness (QED) is 0.460. The summed E-state index contributed by atoms with van der Waals surface area (Å²) in [6, 6.07) is 9.76. The molecule has 0 nitrogen and oxygen atoms in total. The zero-order valence-corrected chi connectivity index (χ0v) is 4.09. The van der Waals surface area contributed by atoms with E-state index in [1.807, 2.05) is 30.3 Å². The summed E-state index contributed by atoms with van der Waals surface area (Å²) < 4.78 is 6.94. The van der Waals surface area contributed by atoms with Gasteiger partial charge in [0.1, 0.15) is 0 Å². The van der Waals surface area contributed by atoms with Crippen LogP contribution in [0, 0.1) is 6.90 Å². The molecule has 1 aromatic carbocycles. The van der Waals surface area contributed by atoms with E-state index in [1.54, 1.807) is 0 Å². The SMILES string of the molecule is [2H]Cc1ccccc1. The maximum Gasteiger partial charge on any atom is 0.0280 e. The summed E-state index contributed by atoms with van der Waals surface area (Å²) in [7, 11) is 0. The molecule has 0 spiro atoms. The largest absolute Gasteiger partial charge is 0.0622 e. The zero-order valence-electron chi connectivity index (χ0n) is 5.09. The molecule has 0 fully saturated rings. The minimum atomic E-state index is 0.390. The molecule has 0 saturated heterocycles. The lowest BCUT2D eigenvalue weighted by molar-refractivity contribution is 1.48. The van der Waals surface area contributed by atoms with Gasteiger partial charge in [-0.3, -0.25) is 0 Å². The molecule has 0 heterocycles. The summed E-state index contributed by atoms with van der Waals surface area (Å²) in [6.45, 7) is 0.390. The molecule has 0 aliphatic rings. The van der Waals surface area contributed by atoms with E-state index in [-0.39, 0.29) is 0 Å². The Balaban J connectivity index is 2.83. The summed E-state index contributed by atoms with van der Waals surface area (Å²) >= 11 is 0. The smallest absolute Gasteiger partial charge is 0.0280 e. The Morgan fingerprint density at radius 2 is 2.00 bits per heavy atom. The molecule has 0 saturated carbocycles. The standard InChI is InChI=1S/C7H8/c1-7-5-3-2-4-6-7/h2-6H,1H3/i1D. The maximum absolute atomic E-state index is 6.94. The molecule has 0 atom stereocenters. The first kappa shape index (κ1) is 3.25. The predicted molar refractivity (Wildman–Crippen MR) is 31.2 cm³/mol. The van der Waals surface area contributed by atoms with Gasteiger partial charge in [-0.15, -0.1) is 0 Å². The molecule has 0 aliphatic carbocycles. The van der Waals surface area contributed by atoms with Gasteiger partial charge in [-0.2, -0.15) is 0 Å². The number of hydrogen-bond acceptors (Lipinski definition) is 0. The predicted octanol–water partition coefficient (Wildman–Crippen LogP) is 2.00. The maximum atomic E-state index is 6.94. The fourth-order valence-electron chi connectivity index (χ4n) is 0.478. The molecule has 0 bridgehead atoms. The van der Waals surface area contributed by atoms with E-state index in [0.717, 1.165) is 5.56 Å². The van der Waals surface area contributed by atoms with Crippen molar-refractivity contribution in [2.75, 3.05) is 0 Å². The van der Waals surface area contributed by atoms with Crippen molar-refractivity contribution in [3.05, 3.63) is 35.9 Å². The third-order valence-corrected chi connectivity index (χ3v) is 0.843. The molecule has 0 N–H and O–H groups in total. The van der Waals surface area contributed by atoms with E-state index in [2.05, 4.69) is 0 Å². The summed E-state index contributed by atoms with van der Waals surface area (Å²) in [5.41, 5.74) is 1.08. The third-order valence-electron chi connectivity index (χ3n) is 0.843. The molecule has 0 heteroatoms. The Hall–Kier alpha value is -0.780. The van der Waals surface area contributed by atoms with Crippen LogP contribution in [0.1, 0.15) is 6.93 Å². The lowest BCUT2D eigenvalue weighted by Crippen LogP contribution is -1.62. The van der Waals surface area contributed by atoms with Gasteiger partial charge in [0.25, 0.3) is 0 Å². The fraction of sp³-hybridized carbons (Fsp3) is 0.143. The number of hydrogen-bond donors (Lipinski definition) is 0. The van der Waals surface area contributed by atoms with E-state index in [9.17, 15) is 0 Å². The Labute approximate surface area is 45.2 Å². The molecule has 36 valence electrons. The van der Waals surface area contributed by atoms with E-state index < -0.39 is 0 Å². The second kappa shape index (κ2) is 1.78. The second-order valence-electron chi connectivity index (χ2n) is 1.49. The van der Waals surface area contributed by atoms with Crippen molar-refractivity contribution in [1.82, 2.24) is 0 Å². The van der Waals surface area contributed by atoms with E-state index >= 15 is 0 Å². The minimum absolute atomic E-state index is 0.390. The highest BCUT2D eigenvalue weighted by Crippen LogP contribution is 1.92. The van der Waals surface area contributed by atoms with Crippen LogP contribution in [-0.2, 0) is 0 Å². The molecule has 1 rings (SSSR count). The minimum Gasteiger partial charge on any atom is -0.0622 e. The normalized spacial score (nSPS) is 10.6. The monoisotopic (exact) mass is 93.1 g/mol. The van der Waals surface area contributed by atoms with Gasteiger partial charge < -0.3 is 0 Å². The molecular weight excluding hydrogens is 84.1 g/mol. The van der Waals surface area contributed by atoms with Gasteiger partial charge in [-0.05, 0) is 6.90 Å². The molecule has 1 aromatic rings. The Kier molecular flexibility index (Phi) is 0.828. The topological polar surface area (TPSA) is 0 Å². The van der Waals surface area contributed by atoms with Gasteiger partial charge in [0, 0.05) is 1.37 Å². The molecule has 0 unspecified atom stereocenters. The first-order chi connectivity index (χ1) is 3.93. The van der Waals surface area contributed by atoms with Gasteiger partial charge in [-0.1, -0.05) is 35.9 Å². The lowest BCUT2D eigenvalue weighted by Gasteiger charge is -1.82. The van der Waals surface area contributed by atoms with E-state index in [0.29, 0.717) is 6.90 Å². The molecule has 0 aromatic heterocycles. The molecule has 0 aliphatic heterocycles. The first-order valence-electron chi connectivity index (χ1n) is 2.97. The van der Waals surface area contributed by atoms with Crippen molar-refractivity contribution in [2.45, 2.75) is 6.90 Å². The second-order valence-corrected chi connectivity index (χ2v) is 1.49. The van der Waals surface area contributed by atoms with Gasteiger partial charge in [0.05, 0.1) is 0 Å². The molecule has 0 amide bonds. The third kappa shape index (κ3) is 1.04. The average Bonchev–Trinajstić information content (AvgIpc) is 1.90. The van der Waals surface area contributed by atoms with Crippen molar-refractivity contribution in [2.24, 2.45) is 0 Å². The van der Waals surface area contributed by atoms with E-state index in [4.69, 9.17) is 1.37 Å². The van der Waals surface area contributed by atoms with Crippen LogP contribution >= 0.6 is 0 Å². The van der Waals surface area contributed by atoms with Crippen molar-refractivity contribution in [1.29, 1.82) is 0 Å². The van der Waals surface area contributed by atoms with Crippen LogP contribution in [0.5, 0.6) is 0 Å². The number of aryl methyl sites for hydroxylation is 1. The van der Waals surface area contributed by atoms with Crippen LogP contribution in [-0.4, -0.2) is 0 Å². The van der Waals surface area contributed by atoms with Crippen LogP contribution in [0.15, 0.2) is 30.3 Å². The summed E-state index contributed by atoms with van der Waals surface area (Å²) in [5.74, 6) is 0. The van der Waals surface area contributed by atoms with Gasteiger partial charge >= 0.3 is 0 Å². The highest BCUT2D eigenvalue weighted by atomic mass is 13.8. The van der Waals surface area contributed by atoms with Gasteiger partial charge in [0.2, 0.25) is 0 Å². The number of rotatable bonds is 0. The Morgan fingerprint density at radius 3 is 2.43 bits per heavy atom. The average molecular weight is 93.1 g/mol. The Morgan fingerprint density at radius 1 is 1.29 bits per heavy atom. The van der Waals surface area contributed by atoms with E-state index in [1.165, 1.54) is 0 Å². The van der Waals surface area contributed by atoms with Crippen molar-refractivity contribution in [3.8, 4) is 0 Å². The Bertz CT molecular complexity index is 146.